The number of hydrogen-bond donors (Lipinski definition) is 1. The van der Waals surface area contributed by atoms with Gasteiger partial charge in [0.15, 0.2) is 0 Å². The molecule has 0 saturated heterocycles. The Morgan fingerprint density at radius 2 is 2.00 bits per heavy atom. The summed E-state index contributed by atoms with van der Waals surface area (Å²) in [4.78, 5) is 2.40. The van der Waals surface area contributed by atoms with Crippen molar-refractivity contribution < 1.29 is 0 Å². The highest BCUT2D eigenvalue weighted by Crippen LogP contribution is 2.31. The van der Waals surface area contributed by atoms with Crippen LogP contribution < -0.4 is 5.32 Å². The Morgan fingerprint density at radius 1 is 1.33 bits per heavy atom. The second-order valence-corrected chi connectivity index (χ2v) is 6.59. The minimum Gasteiger partial charge on any atom is -0.340 e. The molecule has 0 bridgehead atoms. The predicted octanol–water partition coefficient (Wildman–Crippen LogP) is 2.56. The van der Waals surface area contributed by atoms with E-state index in [9.17, 15) is 0 Å². The summed E-state index contributed by atoms with van der Waals surface area (Å²) in [5.41, 5.74) is 3.46. The summed E-state index contributed by atoms with van der Waals surface area (Å²) >= 11 is 0. The molecule has 4 heteroatoms. The SMILES string of the molecule is Cc1c(CNCC2(N(C)C)CCCCC2)cc(C#N)n1C. The summed E-state index contributed by atoms with van der Waals surface area (Å²) in [6.45, 7) is 3.95. The number of nitrogens with one attached hydrogen (secondary N) is 1. The second-order valence-electron chi connectivity index (χ2n) is 6.59. The highest BCUT2D eigenvalue weighted by atomic mass is 15.2. The van der Waals surface area contributed by atoms with Gasteiger partial charge in [-0.25, -0.2) is 0 Å². The van der Waals surface area contributed by atoms with E-state index in [0.29, 0.717) is 5.54 Å². The van der Waals surface area contributed by atoms with Crippen LogP contribution in [0.4, 0.5) is 0 Å². The van der Waals surface area contributed by atoms with Crippen LogP contribution in [0.2, 0.25) is 0 Å². The third-order valence-electron chi connectivity index (χ3n) is 5.26. The van der Waals surface area contributed by atoms with Gasteiger partial charge in [0.25, 0.3) is 0 Å². The van der Waals surface area contributed by atoms with Gasteiger partial charge in [-0.05, 0) is 45.5 Å². The van der Waals surface area contributed by atoms with Crippen molar-refractivity contribution in [2.75, 3.05) is 20.6 Å². The maximum Gasteiger partial charge on any atom is 0.120 e. The van der Waals surface area contributed by atoms with Crippen molar-refractivity contribution in [2.24, 2.45) is 7.05 Å². The average Bonchev–Trinajstić information content (AvgIpc) is 2.76. The molecule has 0 aromatic carbocycles. The van der Waals surface area contributed by atoms with E-state index in [1.54, 1.807) is 0 Å². The first-order valence-electron chi connectivity index (χ1n) is 7.93. The molecule has 1 aliphatic rings. The Hall–Kier alpha value is -1.31. The summed E-state index contributed by atoms with van der Waals surface area (Å²) in [5, 5.41) is 12.7. The summed E-state index contributed by atoms with van der Waals surface area (Å²) in [5.74, 6) is 0. The Morgan fingerprint density at radius 3 is 2.52 bits per heavy atom. The molecule has 0 aliphatic heterocycles. The van der Waals surface area contributed by atoms with Gasteiger partial charge in [0.1, 0.15) is 11.8 Å². The molecule has 1 saturated carbocycles. The maximum absolute atomic E-state index is 9.10. The van der Waals surface area contributed by atoms with Crippen molar-refractivity contribution >= 4 is 0 Å². The third-order valence-corrected chi connectivity index (χ3v) is 5.26. The zero-order valence-electron chi connectivity index (χ0n) is 13.9. The van der Waals surface area contributed by atoms with Crippen LogP contribution in [0.25, 0.3) is 0 Å². The number of nitriles is 1. The van der Waals surface area contributed by atoms with Gasteiger partial charge in [0, 0.05) is 31.4 Å². The topological polar surface area (TPSA) is 44.0 Å². The molecule has 0 atom stereocenters. The monoisotopic (exact) mass is 288 g/mol. The van der Waals surface area contributed by atoms with Crippen LogP contribution in [0.1, 0.15) is 49.1 Å². The van der Waals surface area contributed by atoms with Crippen molar-refractivity contribution in [3.05, 3.63) is 23.0 Å². The van der Waals surface area contributed by atoms with Gasteiger partial charge >= 0.3 is 0 Å². The number of hydrogen-bond acceptors (Lipinski definition) is 3. The molecule has 0 radical (unpaired) electrons. The number of rotatable bonds is 5. The Bertz CT molecular complexity index is 516. The van der Waals surface area contributed by atoms with Gasteiger partial charge in [0.2, 0.25) is 0 Å². The van der Waals surface area contributed by atoms with E-state index < -0.39 is 0 Å². The van der Waals surface area contributed by atoms with Gasteiger partial charge < -0.3 is 14.8 Å². The molecular weight excluding hydrogens is 260 g/mol. The van der Waals surface area contributed by atoms with Crippen molar-refractivity contribution in [3.63, 3.8) is 0 Å². The van der Waals surface area contributed by atoms with Crippen LogP contribution in [-0.2, 0) is 13.6 Å². The van der Waals surface area contributed by atoms with E-state index in [1.165, 1.54) is 43.4 Å². The van der Waals surface area contributed by atoms with Gasteiger partial charge in [-0.15, -0.1) is 0 Å². The number of nitrogens with zero attached hydrogens (tertiary/aromatic N) is 3. The van der Waals surface area contributed by atoms with Crippen LogP contribution in [0.5, 0.6) is 0 Å². The van der Waals surface area contributed by atoms with Gasteiger partial charge in [-0.2, -0.15) is 5.26 Å². The first-order valence-corrected chi connectivity index (χ1v) is 7.93. The fraction of sp³-hybridized carbons (Fsp3) is 0.706. The van der Waals surface area contributed by atoms with Crippen molar-refractivity contribution in [1.82, 2.24) is 14.8 Å². The number of likely N-dealkylation sites (N-methyl/N-ethyl adjacent to an activating group) is 1. The normalized spacial score (nSPS) is 17.9. The molecule has 21 heavy (non-hydrogen) atoms. The van der Waals surface area contributed by atoms with Crippen LogP contribution in [0.3, 0.4) is 0 Å². The standard InChI is InChI=1S/C17H28N4/c1-14-15(10-16(11-18)21(14)4)12-19-13-17(20(2)3)8-6-5-7-9-17/h10,19H,5-9,12-13H2,1-4H3. The quantitative estimate of drug-likeness (QED) is 0.905. The molecule has 0 amide bonds. The van der Waals surface area contributed by atoms with Crippen molar-refractivity contribution in [2.45, 2.75) is 51.1 Å². The van der Waals surface area contributed by atoms with Gasteiger partial charge in [-0.3, -0.25) is 0 Å². The molecule has 2 rings (SSSR count). The molecule has 0 spiro atoms. The molecule has 116 valence electrons. The zero-order valence-corrected chi connectivity index (χ0v) is 13.9. The molecule has 1 aromatic heterocycles. The lowest BCUT2D eigenvalue weighted by atomic mass is 9.80. The van der Waals surface area contributed by atoms with E-state index >= 15 is 0 Å². The van der Waals surface area contributed by atoms with E-state index in [1.807, 2.05) is 17.7 Å². The second kappa shape index (κ2) is 6.64. The highest BCUT2D eigenvalue weighted by Gasteiger charge is 2.33. The smallest absolute Gasteiger partial charge is 0.120 e. The zero-order chi connectivity index (χ0) is 15.5. The molecule has 4 nitrogen and oxygen atoms in total. The van der Waals surface area contributed by atoms with E-state index in [-0.39, 0.29) is 0 Å². The van der Waals surface area contributed by atoms with Crippen LogP contribution in [0.15, 0.2) is 6.07 Å². The van der Waals surface area contributed by atoms with E-state index in [0.717, 1.165) is 18.8 Å². The lowest BCUT2D eigenvalue weighted by Crippen LogP contribution is -2.52. The number of aromatic nitrogens is 1. The van der Waals surface area contributed by atoms with Crippen molar-refractivity contribution in [1.29, 1.82) is 5.26 Å². The minimum atomic E-state index is 0.305. The Labute approximate surface area is 128 Å². The summed E-state index contributed by atoms with van der Waals surface area (Å²) in [6.07, 6.45) is 6.61. The van der Waals surface area contributed by atoms with Gasteiger partial charge in [0.05, 0.1) is 0 Å². The molecule has 1 fully saturated rings. The summed E-state index contributed by atoms with van der Waals surface area (Å²) in [6, 6.07) is 4.25. The average molecular weight is 288 g/mol. The predicted molar refractivity (Wildman–Crippen MR) is 86.1 cm³/mol. The van der Waals surface area contributed by atoms with Crippen molar-refractivity contribution in [3.8, 4) is 6.07 Å². The highest BCUT2D eigenvalue weighted by molar-refractivity contribution is 5.34. The molecule has 0 unspecified atom stereocenters. The van der Waals surface area contributed by atoms with Crippen LogP contribution >= 0.6 is 0 Å². The minimum absolute atomic E-state index is 0.305. The fourth-order valence-corrected chi connectivity index (χ4v) is 3.47. The summed E-state index contributed by atoms with van der Waals surface area (Å²) < 4.78 is 1.97. The molecular formula is C17H28N4. The third kappa shape index (κ3) is 3.30. The maximum atomic E-state index is 9.10. The molecule has 1 aromatic rings. The fourth-order valence-electron chi connectivity index (χ4n) is 3.47. The van der Waals surface area contributed by atoms with Crippen LogP contribution in [-0.4, -0.2) is 35.6 Å². The Kier molecular flexibility index (Phi) is 5.08. The Balaban J connectivity index is 1.98. The molecule has 1 aliphatic carbocycles. The van der Waals surface area contributed by atoms with Gasteiger partial charge in [-0.1, -0.05) is 19.3 Å². The first kappa shape index (κ1) is 16.1. The lowest BCUT2D eigenvalue weighted by molar-refractivity contribution is 0.0984. The molecule has 1 N–H and O–H groups in total. The van der Waals surface area contributed by atoms with E-state index in [4.69, 9.17) is 5.26 Å². The lowest BCUT2D eigenvalue weighted by Gasteiger charge is -2.43. The van der Waals surface area contributed by atoms with Crippen LogP contribution in [0, 0.1) is 18.3 Å². The molecule has 1 heterocycles. The largest absolute Gasteiger partial charge is 0.340 e. The summed E-state index contributed by atoms with van der Waals surface area (Å²) in [7, 11) is 6.36. The first-order chi connectivity index (χ1) is 10.00. The van der Waals surface area contributed by atoms with E-state index in [2.05, 4.69) is 37.3 Å².